The number of nitrogen functional groups attached to an aromatic ring is 1. The Morgan fingerprint density at radius 1 is 1.13 bits per heavy atom. The van der Waals surface area contributed by atoms with Crippen molar-refractivity contribution >= 4 is 52.1 Å². The number of piperidine rings is 1. The summed E-state index contributed by atoms with van der Waals surface area (Å²) in [6, 6.07) is 9.74. The number of benzene rings is 1. The predicted octanol–water partition coefficient (Wildman–Crippen LogP) is 5.04. The fourth-order valence-corrected chi connectivity index (χ4v) is 7.18. The van der Waals surface area contributed by atoms with Crippen LogP contribution in [-0.4, -0.2) is 47.3 Å². The summed E-state index contributed by atoms with van der Waals surface area (Å²) >= 11 is 6.61. The average Bonchev–Trinajstić information content (AvgIpc) is 3.51. The van der Waals surface area contributed by atoms with Crippen molar-refractivity contribution < 1.29 is 9.29 Å². The summed E-state index contributed by atoms with van der Waals surface area (Å²) in [6.07, 6.45) is 8.67. The molecule has 1 saturated heterocycles. The van der Waals surface area contributed by atoms with Gasteiger partial charge in [-0.05, 0) is 32.9 Å². The lowest BCUT2D eigenvalue weighted by Gasteiger charge is -2.42. The van der Waals surface area contributed by atoms with E-state index in [0.717, 1.165) is 58.6 Å². The van der Waals surface area contributed by atoms with Crippen molar-refractivity contribution in [3.8, 4) is 5.75 Å². The van der Waals surface area contributed by atoms with Crippen LogP contribution in [0.1, 0.15) is 45.2 Å². The molecule has 1 spiro atoms. The van der Waals surface area contributed by atoms with Crippen molar-refractivity contribution in [2.45, 2.75) is 59.8 Å². The third kappa shape index (κ3) is 4.80. The predicted molar refractivity (Wildman–Crippen MR) is 156 cm³/mol. The lowest BCUT2D eigenvalue weighted by atomic mass is 9.83. The van der Waals surface area contributed by atoms with Crippen molar-refractivity contribution in [3.05, 3.63) is 65.7 Å². The van der Waals surface area contributed by atoms with E-state index in [2.05, 4.69) is 25.7 Å². The maximum absolute atomic E-state index is 13.2. The second-order valence-electron chi connectivity index (χ2n) is 10.8. The monoisotopic (exact) mass is 583 g/mol. The number of imidazole rings is 1. The highest BCUT2D eigenvalue weighted by Gasteiger charge is 2.53. The number of nitrogens with one attached hydrogen (secondary N) is 1. The Balaban J connectivity index is 1.25. The van der Waals surface area contributed by atoms with Crippen molar-refractivity contribution in [3.63, 3.8) is 0 Å². The number of nitrogens with two attached hydrogens (primary N) is 1. The van der Waals surface area contributed by atoms with Crippen LogP contribution in [-0.2, 0) is 11.4 Å². The zero-order valence-corrected chi connectivity index (χ0v) is 24.3. The fraction of sp³-hybridized carbons (Fsp3) is 0.370. The summed E-state index contributed by atoms with van der Waals surface area (Å²) in [5.74, 6) is 1.98. The summed E-state index contributed by atoms with van der Waals surface area (Å²) < 4.78 is 24.8. The molecule has 2 atom stereocenters. The molecule has 0 unspecified atom stereocenters. The zero-order valence-electron chi connectivity index (χ0n) is 21.9. The molecule has 12 heteroatoms. The van der Waals surface area contributed by atoms with E-state index < -0.39 is 17.0 Å². The van der Waals surface area contributed by atoms with E-state index in [1.54, 1.807) is 12.4 Å². The Kier molecular flexibility index (Phi) is 6.83. The zero-order chi connectivity index (χ0) is 27.4. The number of rotatable bonds is 5. The molecule has 5 heterocycles. The highest BCUT2D eigenvalue weighted by Crippen LogP contribution is 2.49. The number of hydrogen-bond acceptors (Lipinski definition) is 9. The number of ether oxygens (including phenoxy) is 1. The molecule has 2 aliphatic heterocycles. The van der Waals surface area contributed by atoms with Crippen molar-refractivity contribution in [2.24, 2.45) is 0 Å². The fourth-order valence-electron chi connectivity index (χ4n) is 5.13. The minimum Gasteiger partial charge on any atom is -0.598 e. The molecule has 6 rings (SSSR count). The molecular formula is C27H30ClN7O2S2. The second-order valence-corrected chi connectivity index (χ2v) is 14.2. The molecule has 1 fully saturated rings. The van der Waals surface area contributed by atoms with Crippen LogP contribution in [0, 0.1) is 0 Å². The first-order valence-corrected chi connectivity index (χ1v) is 15.1. The number of fused-ring (bicyclic) bond motifs is 2. The molecule has 1 aromatic carbocycles. The van der Waals surface area contributed by atoms with Gasteiger partial charge >= 0.3 is 0 Å². The third-order valence-corrected chi connectivity index (χ3v) is 10.4. The van der Waals surface area contributed by atoms with E-state index in [4.69, 9.17) is 27.1 Å². The Morgan fingerprint density at radius 2 is 1.90 bits per heavy atom. The number of hydrogen-bond donors (Lipinski definition) is 2. The number of aromatic nitrogens is 4. The van der Waals surface area contributed by atoms with Gasteiger partial charge in [0.2, 0.25) is 5.95 Å². The first-order chi connectivity index (χ1) is 18.7. The topological polar surface area (TPSA) is 117 Å². The van der Waals surface area contributed by atoms with Crippen LogP contribution in [0.25, 0.3) is 5.65 Å². The van der Waals surface area contributed by atoms with Gasteiger partial charge in [-0.3, -0.25) is 4.40 Å². The Morgan fingerprint density at radius 3 is 2.67 bits per heavy atom. The van der Waals surface area contributed by atoms with E-state index in [-0.39, 0.29) is 10.8 Å². The molecule has 3 aromatic heterocycles. The molecule has 2 aliphatic rings. The Bertz CT molecular complexity index is 1520. The highest BCUT2D eigenvalue weighted by atomic mass is 35.5. The second kappa shape index (κ2) is 10.0. The van der Waals surface area contributed by atoms with E-state index >= 15 is 0 Å². The standard InChI is InChI=1S/C27H30ClN7O2S2/c1-26(2,3)39(36)33-22-17-6-4-5-7-18(17)37-27(22)9-13-34(14-10-27)25-32-16-20(24-31-12-15-35(24)25)38-19-8-11-30-23(29)21(19)28/h4-8,11-12,15-16,22,33H,9-10,13-14H2,1-3H3,(H2,29,30)/t22-,39-/m1/s1. The smallest absolute Gasteiger partial charge is 0.211 e. The lowest BCUT2D eigenvalue weighted by Crippen LogP contribution is -2.55. The van der Waals surface area contributed by atoms with Crippen LogP contribution in [0.2, 0.25) is 5.02 Å². The molecule has 0 bridgehead atoms. The van der Waals surface area contributed by atoms with E-state index in [1.165, 1.54) is 11.8 Å². The molecule has 0 saturated carbocycles. The minimum absolute atomic E-state index is 0.159. The van der Waals surface area contributed by atoms with Gasteiger partial charge in [0.05, 0.1) is 9.92 Å². The number of pyridine rings is 1. The molecule has 4 aromatic rings. The normalized spacial score (nSPS) is 19.3. The number of halogens is 1. The van der Waals surface area contributed by atoms with E-state index in [0.29, 0.717) is 10.8 Å². The average molecular weight is 584 g/mol. The summed E-state index contributed by atoms with van der Waals surface area (Å²) in [7, 11) is 0. The SMILES string of the molecule is CC(C)(C)[S@@+]([O-])N[C@@H]1c2ccccc2OC12CCN(c1ncc(Sc3ccnc(N)c3Cl)c3nccn13)CC2. The quantitative estimate of drug-likeness (QED) is 0.312. The van der Waals surface area contributed by atoms with E-state index in [1.807, 2.05) is 61.8 Å². The molecule has 3 N–H and O–H groups in total. The van der Waals surface area contributed by atoms with Crippen molar-refractivity contribution in [1.29, 1.82) is 0 Å². The van der Waals surface area contributed by atoms with Crippen molar-refractivity contribution in [2.75, 3.05) is 23.7 Å². The first-order valence-electron chi connectivity index (χ1n) is 12.8. The van der Waals surface area contributed by atoms with Crippen LogP contribution in [0.3, 0.4) is 0 Å². The molecule has 9 nitrogen and oxygen atoms in total. The summed E-state index contributed by atoms with van der Waals surface area (Å²) in [4.78, 5) is 17.4. The number of nitrogens with zero attached hydrogens (tertiary/aromatic N) is 5. The van der Waals surface area contributed by atoms with Crippen LogP contribution in [0.4, 0.5) is 11.8 Å². The van der Waals surface area contributed by atoms with Gasteiger partial charge in [0, 0.05) is 72.5 Å². The lowest BCUT2D eigenvalue weighted by molar-refractivity contribution is 0.0377. The van der Waals surface area contributed by atoms with E-state index in [9.17, 15) is 4.55 Å². The van der Waals surface area contributed by atoms with Gasteiger partial charge in [-0.15, -0.1) is 4.72 Å². The summed E-state index contributed by atoms with van der Waals surface area (Å²) in [5, 5.41) is 0.422. The van der Waals surface area contributed by atoms with Gasteiger partial charge in [0.25, 0.3) is 0 Å². The van der Waals surface area contributed by atoms with Crippen LogP contribution in [0.5, 0.6) is 5.75 Å². The third-order valence-electron chi connectivity index (χ3n) is 7.22. The first kappa shape index (κ1) is 26.5. The van der Waals surface area contributed by atoms with Crippen molar-refractivity contribution in [1.82, 2.24) is 24.1 Å². The largest absolute Gasteiger partial charge is 0.598 e. The summed E-state index contributed by atoms with van der Waals surface area (Å²) in [5.41, 5.74) is 7.27. The molecular weight excluding hydrogens is 554 g/mol. The minimum atomic E-state index is -1.23. The van der Waals surface area contributed by atoms with Gasteiger partial charge in [-0.2, -0.15) is 0 Å². The summed E-state index contributed by atoms with van der Waals surface area (Å²) in [6.45, 7) is 7.40. The maximum atomic E-state index is 13.2. The van der Waals surface area contributed by atoms with Crippen LogP contribution in [0.15, 0.2) is 64.9 Å². The van der Waals surface area contributed by atoms with Crippen LogP contribution < -0.4 is 20.1 Å². The molecule has 39 heavy (non-hydrogen) atoms. The Labute approximate surface area is 239 Å². The Hall–Kier alpha value is -2.70. The van der Waals surface area contributed by atoms with Crippen LogP contribution >= 0.6 is 23.4 Å². The molecule has 0 aliphatic carbocycles. The molecule has 0 amide bonds. The van der Waals surface area contributed by atoms with Gasteiger partial charge in [-0.25, -0.2) is 15.0 Å². The maximum Gasteiger partial charge on any atom is 0.211 e. The van der Waals surface area contributed by atoms with Gasteiger partial charge in [0.15, 0.2) is 5.65 Å². The number of para-hydroxylation sites is 1. The number of anilines is 2. The highest BCUT2D eigenvalue weighted by molar-refractivity contribution is 7.99. The van der Waals surface area contributed by atoms with Gasteiger partial charge in [0.1, 0.15) is 28.0 Å². The van der Waals surface area contributed by atoms with Gasteiger partial charge in [-0.1, -0.05) is 41.6 Å². The molecule has 0 radical (unpaired) electrons. The van der Waals surface area contributed by atoms with Gasteiger partial charge < -0.3 is 19.9 Å². The molecule has 204 valence electrons.